The van der Waals surface area contributed by atoms with E-state index in [0.29, 0.717) is 12.8 Å². The zero-order chi connectivity index (χ0) is 20.0. The van der Waals surface area contributed by atoms with Crippen molar-refractivity contribution in [2.45, 2.75) is 51.5 Å². The van der Waals surface area contributed by atoms with Crippen molar-refractivity contribution in [3.63, 3.8) is 0 Å². The third-order valence-corrected chi connectivity index (χ3v) is 6.17. The van der Waals surface area contributed by atoms with Crippen molar-refractivity contribution in [1.82, 2.24) is 10.2 Å². The summed E-state index contributed by atoms with van der Waals surface area (Å²) in [5, 5.41) is 2.58. The molecule has 150 valence electrons. The largest absolute Gasteiger partial charge is 0.445 e. The van der Waals surface area contributed by atoms with Gasteiger partial charge in [-0.1, -0.05) is 50.6 Å². The number of carbonyl (C=O) groups is 2. The Labute approximate surface area is 159 Å². The maximum atomic E-state index is 12.9. The summed E-state index contributed by atoms with van der Waals surface area (Å²) in [6, 6.07) is 8.26. The van der Waals surface area contributed by atoms with E-state index in [2.05, 4.69) is 5.32 Å². The second-order valence-electron chi connectivity index (χ2n) is 6.81. The van der Waals surface area contributed by atoms with E-state index in [1.807, 2.05) is 44.2 Å². The van der Waals surface area contributed by atoms with Crippen LogP contribution in [0.2, 0.25) is 0 Å². The summed E-state index contributed by atoms with van der Waals surface area (Å²) in [6.45, 7) is 4.03. The first-order valence-electron chi connectivity index (χ1n) is 9.07. The summed E-state index contributed by atoms with van der Waals surface area (Å²) in [5.74, 6) is -1.81. The van der Waals surface area contributed by atoms with Gasteiger partial charge in [0.2, 0.25) is 5.91 Å². The average molecular weight is 398 g/mol. The van der Waals surface area contributed by atoms with Crippen LogP contribution >= 0.6 is 7.60 Å². The molecule has 1 unspecified atom stereocenters. The lowest BCUT2D eigenvalue weighted by atomic mass is 9.98. The van der Waals surface area contributed by atoms with Gasteiger partial charge in [-0.15, -0.1) is 0 Å². The Morgan fingerprint density at radius 1 is 1.33 bits per heavy atom. The van der Waals surface area contributed by atoms with Gasteiger partial charge in [0.25, 0.3) is 0 Å². The molecule has 27 heavy (non-hydrogen) atoms. The topological polar surface area (TPSA) is 116 Å². The Hall–Kier alpha value is -1.89. The number of carbonyl (C=O) groups excluding carboxylic acids is 2. The lowest BCUT2D eigenvalue weighted by Gasteiger charge is -2.31. The van der Waals surface area contributed by atoms with Crippen molar-refractivity contribution in [1.29, 1.82) is 0 Å². The summed E-state index contributed by atoms with van der Waals surface area (Å²) in [5.41, 5.74) is 0.820. The molecule has 0 saturated carbocycles. The fraction of sp³-hybridized carbons (Fsp3) is 0.556. The number of nitrogens with zero attached hydrogens (tertiary/aromatic N) is 1. The summed E-state index contributed by atoms with van der Waals surface area (Å²) < 4.78 is 16.9. The Balaban J connectivity index is 2.04. The van der Waals surface area contributed by atoms with Gasteiger partial charge < -0.3 is 24.7 Å². The first kappa shape index (κ1) is 21.4. The Bertz CT molecular complexity index is 692. The molecule has 0 aromatic heterocycles. The number of hydrogen-bond donors (Lipinski definition) is 3. The normalized spacial score (nSPS) is 19.4. The Morgan fingerprint density at radius 2 is 2.00 bits per heavy atom. The Kier molecular flexibility index (Phi) is 7.41. The van der Waals surface area contributed by atoms with Crippen molar-refractivity contribution in [3.8, 4) is 0 Å². The molecular formula is C18H27N2O6P. The van der Waals surface area contributed by atoms with Crippen LogP contribution in [0.15, 0.2) is 30.3 Å². The molecule has 8 nitrogen and oxygen atoms in total. The number of amides is 2. The summed E-state index contributed by atoms with van der Waals surface area (Å²) in [4.78, 5) is 45.3. The fourth-order valence-electron chi connectivity index (χ4n) is 3.11. The first-order chi connectivity index (χ1) is 12.7. The molecule has 0 radical (unpaired) electrons. The van der Waals surface area contributed by atoms with E-state index in [-0.39, 0.29) is 25.5 Å². The average Bonchev–Trinajstić information content (AvgIpc) is 3.14. The van der Waals surface area contributed by atoms with Gasteiger partial charge in [0.15, 0.2) is 0 Å². The molecule has 1 heterocycles. The van der Waals surface area contributed by atoms with E-state index < -0.39 is 31.4 Å². The van der Waals surface area contributed by atoms with Crippen LogP contribution in [0.25, 0.3) is 0 Å². The predicted octanol–water partition coefficient (Wildman–Crippen LogP) is 2.45. The van der Waals surface area contributed by atoms with Crippen molar-refractivity contribution < 1.29 is 28.7 Å². The quantitative estimate of drug-likeness (QED) is 0.608. The molecule has 3 N–H and O–H groups in total. The molecule has 1 aromatic rings. The first-order valence-corrected chi connectivity index (χ1v) is 10.7. The lowest BCUT2D eigenvalue weighted by molar-refractivity contribution is -0.134. The molecule has 1 aliphatic heterocycles. The van der Waals surface area contributed by atoms with Gasteiger partial charge in [0.1, 0.15) is 18.4 Å². The molecule has 0 aliphatic carbocycles. The van der Waals surface area contributed by atoms with Gasteiger partial charge in [0.05, 0.1) is 0 Å². The number of rotatable bonds is 7. The monoisotopic (exact) mass is 398 g/mol. The number of hydrogen-bond acceptors (Lipinski definition) is 4. The third-order valence-electron chi connectivity index (χ3n) is 4.86. The van der Waals surface area contributed by atoms with E-state index in [1.165, 1.54) is 4.90 Å². The molecule has 1 aliphatic rings. The SMILES string of the molecule is CC[C@H](C)[C@H](NC(=O)OCc1ccccc1)C(=O)N1CCCC1P(=O)(O)O. The van der Waals surface area contributed by atoms with E-state index in [0.717, 1.165) is 5.56 Å². The molecule has 1 saturated heterocycles. The zero-order valence-electron chi connectivity index (χ0n) is 15.6. The van der Waals surface area contributed by atoms with Crippen molar-refractivity contribution >= 4 is 19.6 Å². The minimum Gasteiger partial charge on any atom is -0.445 e. The minimum atomic E-state index is -4.43. The number of nitrogens with one attached hydrogen (secondary N) is 1. The number of likely N-dealkylation sites (tertiary alicyclic amines) is 1. The van der Waals surface area contributed by atoms with E-state index in [9.17, 15) is 23.9 Å². The van der Waals surface area contributed by atoms with Crippen LogP contribution in [0.4, 0.5) is 4.79 Å². The molecule has 2 rings (SSSR count). The standard InChI is InChI=1S/C18H27N2O6P/c1-3-13(2)16(17(21)20-11-7-10-15(20)27(23,24)25)19-18(22)26-12-14-8-5-4-6-9-14/h4-6,8-9,13,15-16H,3,7,10-12H2,1-2H3,(H,19,22)(H2,23,24,25)/t13-,15?,16-/m0/s1. The second kappa shape index (κ2) is 9.35. The van der Waals surface area contributed by atoms with Crippen LogP contribution in [-0.4, -0.2) is 45.1 Å². The summed E-state index contributed by atoms with van der Waals surface area (Å²) in [7, 11) is -4.43. The summed E-state index contributed by atoms with van der Waals surface area (Å²) in [6.07, 6.45) is 0.656. The van der Waals surface area contributed by atoms with Gasteiger partial charge >= 0.3 is 13.7 Å². The van der Waals surface area contributed by atoms with Gasteiger partial charge in [-0.2, -0.15) is 0 Å². The van der Waals surface area contributed by atoms with Gasteiger partial charge in [-0.3, -0.25) is 9.36 Å². The highest BCUT2D eigenvalue weighted by molar-refractivity contribution is 7.52. The number of alkyl carbamates (subject to hydrolysis) is 1. The number of ether oxygens (including phenoxy) is 1. The van der Waals surface area contributed by atoms with E-state index in [4.69, 9.17) is 4.74 Å². The highest BCUT2D eigenvalue weighted by atomic mass is 31.2. The van der Waals surface area contributed by atoms with Crippen LogP contribution in [0.5, 0.6) is 0 Å². The van der Waals surface area contributed by atoms with Crippen LogP contribution < -0.4 is 5.32 Å². The second-order valence-corrected chi connectivity index (χ2v) is 8.59. The van der Waals surface area contributed by atoms with Crippen LogP contribution in [0.3, 0.4) is 0 Å². The lowest BCUT2D eigenvalue weighted by Crippen LogP contribution is -2.52. The maximum absolute atomic E-state index is 12.9. The maximum Gasteiger partial charge on any atom is 0.408 e. The van der Waals surface area contributed by atoms with Crippen LogP contribution in [-0.2, 0) is 20.7 Å². The van der Waals surface area contributed by atoms with Gasteiger partial charge in [-0.05, 0) is 24.3 Å². The Morgan fingerprint density at radius 3 is 2.59 bits per heavy atom. The zero-order valence-corrected chi connectivity index (χ0v) is 16.5. The van der Waals surface area contributed by atoms with E-state index >= 15 is 0 Å². The molecule has 1 aromatic carbocycles. The van der Waals surface area contributed by atoms with Crippen LogP contribution in [0, 0.1) is 5.92 Å². The van der Waals surface area contributed by atoms with E-state index in [1.54, 1.807) is 0 Å². The fourth-order valence-corrected chi connectivity index (χ4v) is 4.22. The van der Waals surface area contributed by atoms with Gasteiger partial charge in [0, 0.05) is 6.54 Å². The molecule has 2 amide bonds. The highest BCUT2D eigenvalue weighted by Crippen LogP contribution is 2.48. The molecule has 9 heteroatoms. The minimum absolute atomic E-state index is 0.0723. The third kappa shape index (κ3) is 5.79. The van der Waals surface area contributed by atoms with Crippen LogP contribution in [0.1, 0.15) is 38.7 Å². The molecule has 1 fully saturated rings. The van der Waals surface area contributed by atoms with Crippen molar-refractivity contribution in [2.75, 3.05) is 6.54 Å². The highest BCUT2D eigenvalue weighted by Gasteiger charge is 2.43. The number of benzene rings is 1. The predicted molar refractivity (Wildman–Crippen MR) is 99.8 cm³/mol. The smallest absolute Gasteiger partial charge is 0.408 e. The molecule has 3 atom stereocenters. The van der Waals surface area contributed by atoms with Gasteiger partial charge in [-0.25, -0.2) is 4.79 Å². The van der Waals surface area contributed by atoms with Crippen molar-refractivity contribution in [2.24, 2.45) is 5.92 Å². The molecule has 0 bridgehead atoms. The molecule has 0 spiro atoms. The molecular weight excluding hydrogens is 371 g/mol. The van der Waals surface area contributed by atoms with Crippen molar-refractivity contribution in [3.05, 3.63) is 35.9 Å². The summed E-state index contributed by atoms with van der Waals surface area (Å²) >= 11 is 0.